The summed E-state index contributed by atoms with van der Waals surface area (Å²) in [5.41, 5.74) is 2.30. The number of nitrogens with zero attached hydrogens (tertiary/aromatic N) is 1. The summed E-state index contributed by atoms with van der Waals surface area (Å²) in [6.45, 7) is 2.34. The van der Waals surface area contributed by atoms with E-state index in [0.717, 1.165) is 37.1 Å². The summed E-state index contributed by atoms with van der Waals surface area (Å²) >= 11 is 0. The van der Waals surface area contributed by atoms with Gasteiger partial charge in [0.1, 0.15) is 6.10 Å². The van der Waals surface area contributed by atoms with Crippen molar-refractivity contribution >= 4 is 5.97 Å². The van der Waals surface area contributed by atoms with Gasteiger partial charge < -0.3 is 14.7 Å². The van der Waals surface area contributed by atoms with Crippen molar-refractivity contribution in [3.63, 3.8) is 0 Å². The number of likely N-dealkylation sites (tertiary alicyclic amines) is 1. The molecule has 1 fully saturated rings. The number of carboxylic acid groups (broad SMARTS) is 1. The second kappa shape index (κ2) is 8.79. The Morgan fingerprint density at radius 1 is 1.08 bits per heavy atom. The van der Waals surface area contributed by atoms with Gasteiger partial charge in [-0.3, -0.25) is 4.79 Å². The highest BCUT2D eigenvalue weighted by Crippen LogP contribution is 2.29. The van der Waals surface area contributed by atoms with Crippen molar-refractivity contribution < 1.29 is 14.6 Å². The zero-order valence-corrected chi connectivity index (χ0v) is 14.4. The first-order valence-electron chi connectivity index (χ1n) is 8.92. The molecular formula is C21H25NO3. The summed E-state index contributed by atoms with van der Waals surface area (Å²) in [6, 6.07) is 20.6. The second-order valence-electron chi connectivity index (χ2n) is 6.55. The summed E-state index contributed by atoms with van der Waals surface area (Å²) in [7, 11) is 0. The lowest BCUT2D eigenvalue weighted by Gasteiger charge is -2.34. The van der Waals surface area contributed by atoms with Gasteiger partial charge in [-0.05, 0) is 30.5 Å². The summed E-state index contributed by atoms with van der Waals surface area (Å²) in [5, 5.41) is 8.89. The molecule has 4 heteroatoms. The van der Waals surface area contributed by atoms with Crippen LogP contribution in [0, 0.1) is 0 Å². The van der Waals surface area contributed by atoms with Crippen LogP contribution in [0.4, 0.5) is 0 Å². The molecule has 0 bridgehead atoms. The number of piperidine rings is 1. The highest BCUT2D eigenvalue weighted by Gasteiger charge is 2.25. The first-order chi connectivity index (χ1) is 12.2. The number of ether oxygens (including phenoxy) is 1. The van der Waals surface area contributed by atoms with Crippen molar-refractivity contribution in [2.45, 2.75) is 31.5 Å². The standard InChI is InChI=1S/C21H25NO3/c23-20(24)13-15-22-14-7-12-19(16-22)25-21(17-8-3-1-4-9-17)18-10-5-2-6-11-18/h1-6,8-11,19,21H,7,12-16H2,(H,23,24). The summed E-state index contributed by atoms with van der Waals surface area (Å²) in [4.78, 5) is 13.0. The Labute approximate surface area is 149 Å². The van der Waals surface area contributed by atoms with Crippen LogP contribution in [0.3, 0.4) is 0 Å². The summed E-state index contributed by atoms with van der Waals surface area (Å²) in [5.74, 6) is -0.741. The number of rotatable bonds is 7. The van der Waals surface area contributed by atoms with Crippen LogP contribution in [0.5, 0.6) is 0 Å². The molecule has 4 nitrogen and oxygen atoms in total. The average molecular weight is 339 g/mol. The van der Waals surface area contributed by atoms with Gasteiger partial charge in [-0.25, -0.2) is 0 Å². The minimum absolute atomic E-state index is 0.0909. The van der Waals surface area contributed by atoms with Crippen molar-refractivity contribution in [3.8, 4) is 0 Å². The molecule has 1 N–H and O–H groups in total. The molecule has 25 heavy (non-hydrogen) atoms. The van der Waals surface area contributed by atoms with E-state index in [4.69, 9.17) is 9.84 Å². The minimum Gasteiger partial charge on any atom is -0.481 e. The molecular weight excluding hydrogens is 314 g/mol. The molecule has 1 aliphatic heterocycles. The van der Waals surface area contributed by atoms with Crippen LogP contribution in [0.2, 0.25) is 0 Å². The predicted molar refractivity (Wildman–Crippen MR) is 97.5 cm³/mol. The average Bonchev–Trinajstić information content (AvgIpc) is 2.66. The van der Waals surface area contributed by atoms with Crippen LogP contribution in [-0.4, -0.2) is 41.7 Å². The van der Waals surface area contributed by atoms with E-state index in [1.54, 1.807) is 0 Å². The lowest BCUT2D eigenvalue weighted by Crippen LogP contribution is -2.41. The van der Waals surface area contributed by atoms with Gasteiger partial charge in [-0.15, -0.1) is 0 Å². The fraction of sp³-hybridized carbons (Fsp3) is 0.381. The zero-order chi connectivity index (χ0) is 17.5. The third-order valence-corrected chi connectivity index (χ3v) is 4.64. The van der Waals surface area contributed by atoms with Crippen LogP contribution in [0.15, 0.2) is 60.7 Å². The van der Waals surface area contributed by atoms with Gasteiger partial charge in [-0.2, -0.15) is 0 Å². The maximum Gasteiger partial charge on any atom is 0.304 e. The van der Waals surface area contributed by atoms with Crippen molar-refractivity contribution in [3.05, 3.63) is 71.8 Å². The molecule has 1 atom stereocenters. The van der Waals surface area contributed by atoms with Crippen LogP contribution < -0.4 is 0 Å². The number of carboxylic acids is 1. The van der Waals surface area contributed by atoms with Crippen LogP contribution in [-0.2, 0) is 9.53 Å². The SMILES string of the molecule is O=C(O)CCN1CCCC(OC(c2ccccc2)c2ccccc2)C1. The van der Waals surface area contributed by atoms with E-state index < -0.39 is 5.97 Å². The third-order valence-electron chi connectivity index (χ3n) is 4.64. The number of benzene rings is 2. The third kappa shape index (κ3) is 5.15. The molecule has 1 saturated heterocycles. The fourth-order valence-electron chi connectivity index (χ4n) is 3.38. The lowest BCUT2D eigenvalue weighted by atomic mass is 10.00. The summed E-state index contributed by atoms with van der Waals surface area (Å²) < 4.78 is 6.51. The maximum atomic E-state index is 10.8. The van der Waals surface area contributed by atoms with Crippen LogP contribution >= 0.6 is 0 Å². The van der Waals surface area contributed by atoms with Gasteiger partial charge in [-0.1, -0.05) is 60.7 Å². The van der Waals surface area contributed by atoms with Gasteiger partial charge >= 0.3 is 5.97 Å². The Bertz CT molecular complexity index is 620. The van der Waals surface area contributed by atoms with Gasteiger partial charge in [0, 0.05) is 13.1 Å². The largest absolute Gasteiger partial charge is 0.481 e. The molecule has 1 heterocycles. The normalized spacial score (nSPS) is 18.4. The monoisotopic (exact) mass is 339 g/mol. The highest BCUT2D eigenvalue weighted by atomic mass is 16.5. The predicted octanol–water partition coefficient (Wildman–Crippen LogP) is 3.73. The molecule has 2 aromatic carbocycles. The van der Waals surface area contributed by atoms with Gasteiger partial charge in [0.25, 0.3) is 0 Å². The molecule has 0 aromatic heterocycles. The van der Waals surface area contributed by atoms with Crippen molar-refractivity contribution in [1.82, 2.24) is 4.90 Å². The molecule has 1 unspecified atom stereocenters. The first kappa shape index (κ1) is 17.6. The van der Waals surface area contributed by atoms with Gasteiger partial charge in [0.15, 0.2) is 0 Å². The second-order valence-corrected chi connectivity index (χ2v) is 6.55. The minimum atomic E-state index is -0.741. The molecule has 3 rings (SSSR count). The Balaban J connectivity index is 1.71. The molecule has 2 aromatic rings. The topological polar surface area (TPSA) is 49.8 Å². The Morgan fingerprint density at radius 3 is 2.24 bits per heavy atom. The van der Waals surface area contributed by atoms with Gasteiger partial charge in [0.2, 0.25) is 0 Å². The molecule has 0 spiro atoms. The Hall–Kier alpha value is -2.17. The molecule has 0 saturated carbocycles. The van der Waals surface area contributed by atoms with E-state index in [0.29, 0.717) is 6.54 Å². The van der Waals surface area contributed by atoms with Crippen molar-refractivity contribution in [2.24, 2.45) is 0 Å². The van der Waals surface area contributed by atoms with E-state index in [-0.39, 0.29) is 18.6 Å². The van der Waals surface area contributed by atoms with Crippen LogP contribution in [0.1, 0.15) is 36.5 Å². The highest BCUT2D eigenvalue weighted by molar-refractivity contribution is 5.66. The molecule has 132 valence electrons. The number of aliphatic carboxylic acids is 1. The van der Waals surface area contributed by atoms with Crippen molar-refractivity contribution in [1.29, 1.82) is 0 Å². The maximum absolute atomic E-state index is 10.8. The zero-order valence-electron chi connectivity index (χ0n) is 14.4. The van der Waals surface area contributed by atoms with Crippen LogP contribution in [0.25, 0.3) is 0 Å². The van der Waals surface area contributed by atoms with E-state index in [9.17, 15) is 4.79 Å². The number of hydrogen-bond donors (Lipinski definition) is 1. The van der Waals surface area contributed by atoms with E-state index in [2.05, 4.69) is 29.2 Å². The van der Waals surface area contributed by atoms with Crippen molar-refractivity contribution in [2.75, 3.05) is 19.6 Å². The summed E-state index contributed by atoms with van der Waals surface area (Å²) in [6.07, 6.45) is 2.27. The smallest absolute Gasteiger partial charge is 0.304 e. The molecule has 0 radical (unpaired) electrons. The van der Waals surface area contributed by atoms with E-state index >= 15 is 0 Å². The fourth-order valence-corrected chi connectivity index (χ4v) is 3.38. The Kier molecular flexibility index (Phi) is 6.20. The quantitative estimate of drug-likeness (QED) is 0.835. The molecule has 1 aliphatic rings. The van der Waals surface area contributed by atoms with E-state index in [1.165, 1.54) is 0 Å². The molecule has 0 aliphatic carbocycles. The molecule has 0 amide bonds. The number of carbonyl (C=O) groups is 1. The Morgan fingerprint density at radius 2 is 1.68 bits per heavy atom. The van der Waals surface area contributed by atoms with Gasteiger partial charge in [0.05, 0.1) is 12.5 Å². The number of hydrogen-bond acceptors (Lipinski definition) is 3. The lowest BCUT2D eigenvalue weighted by molar-refractivity contribution is -0.137. The van der Waals surface area contributed by atoms with E-state index in [1.807, 2.05) is 36.4 Å². The first-order valence-corrected chi connectivity index (χ1v) is 8.92.